The number of halogens is 1. The molecule has 0 spiro atoms. The van der Waals surface area contributed by atoms with Crippen LogP contribution in [0.2, 0.25) is 0 Å². The average molecular weight is 205 g/mol. The van der Waals surface area contributed by atoms with Crippen molar-refractivity contribution in [3.63, 3.8) is 0 Å². The summed E-state index contributed by atoms with van der Waals surface area (Å²) in [5.41, 5.74) is 1.15. The van der Waals surface area contributed by atoms with Crippen molar-refractivity contribution in [1.29, 1.82) is 0 Å². The van der Waals surface area contributed by atoms with Crippen molar-refractivity contribution in [2.75, 3.05) is 0 Å². The van der Waals surface area contributed by atoms with Crippen molar-refractivity contribution in [1.82, 2.24) is 15.0 Å². The minimum Gasteiger partial charge on any atom is -0.303 e. The first kappa shape index (κ1) is 9.51. The number of aromatic nitrogens is 3. The Morgan fingerprint density at radius 2 is 2.33 bits per heavy atom. The summed E-state index contributed by atoms with van der Waals surface area (Å²) in [7, 11) is 0. The quantitative estimate of drug-likeness (QED) is 0.706. The molecule has 2 aromatic rings. The molecule has 0 saturated heterocycles. The van der Waals surface area contributed by atoms with Crippen molar-refractivity contribution in [3.05, 3.63) is 42.0 Å². The number of hydrogen-bond acceptors (Lipinski definition) is 3. The van der Waals surface area contributed by atoms with Crippen LogP contribution in [0.5, 0.6) is 0 Å². The van der Waals surface area contributed by atoms with E-state index >= 15 is 0 Å². The minimum absolute atomic E-state index is 0.218. The molecule has 5 heteroatoms. The van der Waals surface area contributed by atoms with E-state index in [0.29, 0.717) is 11.4 Å². The summed E-state index contributed by atoms with van der Waals surface area (Å²) < 4.78 is 14.3. The van der Waals surface area contributed by atoms with Crippen molar-refractivity contribution < 1.29 is 9.18 Å². The number of rotatable bonds is 3. The van der Waals surface area contributed by atoms with E-state index in [1.54, 1.807) is 18.3 Å². The van der Waals surface area contributed by atoms with Crippen molar-refractivity contribution in [3.8, 4) is 5.69 Å². The molecule has 0 unspecified atom stereocenters. The van der Waals surface area contributed by atoms with E-state index in [1.165, 1.54) is 16.8 Å². The van der Waals surface area contributed by atoms with Gasteiger partial charge in [0, 0.05) is 6.42 Å². The Balaban J connectivity index is 2.32. The summed E-state index contributed by atoms with van der Waals surface area (Å²) in [5.74, 6) is -0.333. The van der Waals surface area contributed by atoms with E-state index in [-0.39, 0.29) is 12.2 Å². The topological polar surface area (TPSA) is 47.8 Å². The first-order valence-electron chi connectivity index (χ1n) is 4.40. The number of nitrogens with zero attached hydrogens (tertiary/aromatic N) is 3. The summed E-state index contributed by atoms with van der Waals surface area (Å²) in [6.07, 6.45) is 2.57. The lowest BCUT2D eigenvalue weighted by Gasteiger charge is -1.98. The lowest BCUT2D eigenvalue weighted by Crippen LogP contribution is -1.94. The molecule has 15 heavy (non-hydrogen) atoms. The molecule has 0 amide bonds. The second-order valence-electron chi connectivity index (χ2n) is 3.01. The third-order valence-corrected chi connectivity index (χ3v) is 1.91. The summed E-state index contributed by atoms with van der Waals surface area (Å²) in [6.45, 7) is 0. The van der Waals surface area contributed by atoms with Gasteiger partial charge in [-0.05, 0) is 18.2 Å². The molecule has 0 aliphatic rings. The van der Waals surface area contributed by atoms with Gasteiger partial charge in [0.05, 0.1) is 17.6 Å². The number of hydrogen-bond donors (Lipinski definition) is 0. The van der Waals surface area contributed by atoms with Crippen LogP contribution in [0.15, 0.2) is 30.5 Å². The third kappa shape index (κ3) is 2.07. The van der Waals surface area contributed by atoms with Gasteiger partial charge in [-0.2, -0.15) is 0 Å². The zero-order valence-electron chi connectivity index (χ0n) is 7.80. The Hall–Kier alpha value is -2.04. The van der Waals surface area contributed by atoms with Crippen molar-refractivity contribution >= 4 is 6.29 Å². The van der Waals surface area contributed by atoms with E-state index in [9.17, 15) is 9.18 Å². The lowest BCUT2D eigenvalue weighted by atomic mass is 10.3. The molecule has 1 aromatic carbocycles. The zero-order valence-corrected chi connectivity index (χ0v) is 7.80. The SMILES string of the molecule is O=CCc1cn(-c2cccc(F)c2)nn1. The number of benzene rings is 1. The normalized spacial score (nSPS) is 10.2. The molecule has 76 valence electrons. The Labute approximate surface area is 85.3 Å². The molecule has 0 saturated carbocycles. The van der Waals surface area contributed by atoms with Crippen LogP contribution in [0.4, 0.5) is 4.39 Å². The average Bonchev–Trinajstić information content (AvgIpc) is 2.67. The summed E-state index contributed by atoms with van der Waals surface area (Å²) in [4.78, 5) is 10.2. The first-order chi connectivity index (χ1) is 7.29. The maximum atomic E-state index is 12.9. The third-order valence-electron chi connectivity index (χ3n) is 1.91. The molecule has 0 radical (unpaired) electrons. The van der Waals surface area contributed by atoms with E-state index in [2.05, 4.69) is 10.3 Å². The van der Waals surface area contributed by atoms with Gasteiger partial charge in [-0.25, -0.2) is 9.07 Å². The van der Waals surface area contributed by atoms with Gasteiger partial charge in [0.2, 0.25) is 0 Å². The zero-order chi connectivity index (χ0) is 10.7. The van der Waals surface area contributed by atoms with Gasteiger partial charge in [-0.3, -0.25) is 0 Å². The first-order valence-corrected chi connectivity index (χ1v) is 4.40. The Morgan fingerprint density at radius 1 is 1.47 bits per heavy atom. The van der Waals surface area contributed by atoms with Gasteiger partial charge in [0.1, 0.15) is 12.1 Å². The summed E-state index contributed by atoms with van der Waals surface area (Å²) >= 11 is 0. The fourth-order valence-corrected chi connectivity index (χ4v) is 1.22. The molecular formula is C10H8FN3O. The molecule has 1 heterocycles. The van der Waals surface area contributed by atoms with Crippen LogP contribution >= 0.6 is 0 Å². The highest BCUT2D eigenvalue weighted by Crippen LogP contribution is 2.08. The minimum atomic E-state index is -0.333. The van der Waals surface area contributed by atoms with Crippen LogP contribution in [0.25, 0.3) is 5.69 Å². The van der Waals surface area contributed by atoms with Gasteiger partial charge in [-0.1, -0.05) is 11.3 Å². The fourth-order valence-electron chi connectivity index (χ4n) is 1.22. The molecule has 0 fully saturated rings. The van der Waals surface area contributed by atoms with Gasteiger partial charge in [0.15, 0.2) is 0 Å². The van der Waals surface area contributed by atoms with Crippen LogP contribution in [0.1, 0.15) is 5.69 Å². The fraction of sp³-hybridized carbons (Fsp3) is 0.100. The Bertz CT molecular complexity index is 481. The smallest absolute Gasteiger partial charge is 0.126 e. The second-order valence-corrected chi connectivity index (χ2v) is 3.01. The van der Waals surface area contributed by atoms with Crippen molar-refractivity contribution in [2.45, 2.75) is 6.42 Å². The summed E-state index contributed by atoms with van der Waals surface area (Å²) in [6, 6.07) is 6.00. The lowest BCUT2D eigenvalue weighted by molar-refractivity contribution is -0.107. The Kier molecular flexibility index (Phi) is 2.53. The second kappa shape index (κ2) is 4.00. The maximum absolute atomic E-state index is 12.9. The van der Waals surface area contributed by atoms with Crippen LogP contribution in [0.3, 0.4) is 0 Å². The maximum Gasteiger partial charge on any atom is 0.126 e. The molecule has 0 bridgehead atoms. The predicted octanol–water partition coefficient (Wildman–Crippen LogP) is 1.15. The molecule has 0 N–H and O–H groups in total. The Morgan fingerprint density at radius 3 is 3.07 bits per heavy atom. The van der Waals surface area contributed by atoms with E-state index in [4.69, 9.17) is 0 Å². The molecule has 1 aromatic heterocycles. The van der Waals surface area contributed by atoms with Crippen LogP contribution in [-0.2, 0) is 11.2 Å². The molecular weight excluding hydrogens is 197 g/mol. The highest BCUT2D eigenvalue weighted by atomic mass is 19.1. The number of carbonyl (C=O) groups is 1. The molecule has 0 aliphatic heterocycles. The molecule has 0 atom stereocenters. The van der Waals surface area contributed by atoms with Gasteiger partial charge in [-0.15, -0.1) is 5.10 Å². The standard InChI is InChI=1S/C10H8FN3O/c11-8-2-1-3-10(6-8)14-7-9(4-5-15)12-13-14/h1-3,5-7H,4H2. The van der Waals surface area contributed by atoms with Crippen molar-refractivity contribution in [2.24, 2.45) is 0 Å². The van der Waals surface area contributed by atoms with Crippen LogP contribution in [0, 0.1) is 5.82 Å². The van der Waals surface area contributed by atoms with E-state index < -0.39 is 0 Å². The predicted molar refractivity (Wildman–Crippen MR) is 51.1 cm³/mol. The molecule has 4 nitrogen and oxygen atoms in total. The summed E-state index contributed by atoms with van der Waals surface area (Å²) in [5, 5.41) is 7.56. The van der Waals surface area contributed by atoms with E-state index in [1.807, 2.05) is 0 Å². The van der Waals surface area contributed by atoms with Crippen LogP contribution < -0.4 is 0 Å². The largest absolute Gasteiger partial charge is 0.303 e. The van der Waals surface area contributed by atoms with E-state index in [0.717, 1.165) is 6.29 Å². The highest BCUT2D eigenvalue weighted by molar-refractivity contribution is 5.53. The molecule has 2 rings (SSSR count). The van der Waals surface area contributed by atoms with Gasteiger partial charge >= 0.3 is 0 Å². The monoisotopic (exact) mass is 205 g/mol. The van der Waals surface area contributed by atoms with Gasteiger partial charge in [0.25, 0.3) is 0 Å². The molecule has 0 aliphatic carbocycles. The number of aldehydes is 1. The van der Waals surface area contributed by atoms with Gasteiger partial charge < -0.3 is 4.79 Å². The highest BCUT2D eigenvalue weighted by Gasteiger charge is 2.02. The number of carbonyl (C=O) groups excluding carboxylic acids is 1. The van der Waals surface area contributed by atoms with Crippen LogP contribution in [-0.4, -0.2) is 21.3 Å².